The number of rotatable bonds is 2. The summed E-state index contributed by atoms with van der Waals surface area (Å²) in [7, 11) is 1.55. The molecule has 0 fully saturated rings. The Kier molecular flexibility index (Phi) is 2.72. The monoisotopic (exact) mass is 218 g/mol. The van der Waals surface area contributed by atoms with E-state index in [0.717, 1.165) is 11.8 Å². The van der Waals surface area contributed by atoms with Gasteiger partial charge >= 0.3 is 0 Å². The van der Waals surface area contributed by atoms with Crippen molar-refractivity contribution in [1.29, 1.82) is 0 Å². The van der Waals surface area contributed by atoms with Crippen molar-refractivity contribution in [3.63, 3.8) is 0 Å². The van der Waals surface area contributed by atoms with Crippen LogP contribution in [0.3, 0.4) is 0 Å². The van der Waals surface area contributed by atoms with Gasteiger partial charge in [0.2, 0.25) is 0 Å². The quantitative estimate of drug-likeness (QED) is 0.788. The topological polar surface area (TPSA) is 48.1 Å². The summed E-state index contributed by atoms with van der Waals surface area (Å²) >= 11 is 0. The first-order valence-corrected chi connectivity index (χ1v) is 4.75. The molecule has 1 aromatic heterocycles. The van der Waals surface area contributed by atoms with Gasteiger partial charge in [-0.2, -0.15) is 0 Å². The minimum Gasteiger partial charge on any atom is -0.495 e. The molecule has 0 aliphatic rings. The van der Waals surface area contributed by atoms with Crippen molar-refractivity contribution < 1.29 is 9.13 Å². The third-order valence-electron chi connectivity index (χ3n) is 2.27. The van der Waals surface area contributed by atoms with Crippen molar-refractivity contribution in [3.8, 4) is 16.9 Å². The number of nitrogens with two attached hydrogens (primary N) is 1. The summed E-state index contributed by atoms with van der Waals surface area (Å²) < 4.78 is 18.0. The highest BCUT2D eigenvalue weighted by atomic mass is 19.1. The van der Waals surface area contributed by atoms with E-state index in [9.17, 15) is 4.39 Å². The minimum atomic E-state index is -0.369. The van der Waals surface area contributed by atoms with E-state index in [1.165, 1.54) is 6.07 Å². The van der Waals surface area contributed by atoms with Crippen molar-refractivity contribution in [1.82, 2.24) is 4.98 Å². The SMILES string of the molecule is COc1ccc(-c2cncc(F)c2)cc1N. The standard InChI is InChI=1S/C12H11FN2O/c1-16-12-3-2-8(5-11(12)14)9-4-10(13)7-15-6-9/h2-7H,14H2,1H3. The van der Waals surface area contributed by atoms with Gasteiger partial charge in [-0.05, 0) is 23.8 Å². The van der Waals surface area contributed by atoms with Crippen LogP contribution < -0.4 is 10.5 Å². The predicted molar refractivity (Wildman–Crippen MR) is 60.6 cm³/mol. The molecule has 2 rings (SSSR count). The maximum absolute atomic E-state index is 13.0. The third kappa shape index (κ3) is 1.95. The lowest BCUT2D eigenvalue weighted by Gasteiger charge is -2.07. The average molecular weight is 218 g/mol. The Morgan fingerprint density at radius 1 is 1.19 bits per heavy atom. The van der Waals surface area contributed by atoms with Crippen LogP contribution in [-0.2, 0) is 0 Å². The lowest BCUT2D eigenvalue weighted by molar-refractivity contribution is 0.417. The molecule has 0 atom stereocenters. The Hall–Kier alpha value is -2.10. The van der Waals surface area contributed by atoms with Gasteiger partial charge in [0.15, 0.2) is 0 Å². The molecule has 0 aliphatic heterocycles. The largest absolute Gasteiger partial charge is 0.495 e. The number of nitrogens with zero attached hydrogens (tertiary/aromatic N) is 1. The number of ether oxygens (including phenoxy) is 1. The first-order valence-electron chi connectivity index (χ1n) is 4.75. The first-order chi connectivity index (χ1) is 7.70. The number of pyridine rings is 1. The Bertz CT molecular complexity index is 514. The van der Waals surface area contributed by atoms with Gasteiger partial charge in [0, 0.05) is 11.8 Å². The van der Waals surface area contributed by atoms with Crippen LogP contribution in [0.5, 0.6) is 5.75 Å². The summed E-state index contributed by atoms with van der Waals surface area (Å²) in [5, 5.41) is 0. The van der Waals surface area contributed by atoms with Crippen LogP contribution in [0.1, 0.15) is 0 Å². The van der Waals surface area contributed by atoms with Crippen LogP contribution >= 0.6 is 0 Å². The Balaban J connectivity index is 2.45. The molecular weight excluding hydrogens is 207 g/mol. The second kappa shape index (κ2) is 4.18. The highest BCUT2D eigenvalue weighted by Crippen LogP contribution is 2.27. The van der Waals surface area contributed by atoms with Crippen molar-refractivity contribution in [2.75, 3.05) is 12.8 Å². The van der Waals surface area contributed by atoms with Gasteiger partial charge in [0.05, 0.1) is 19.0 Å². The maximum Gasteiger partial charge on any atom is 0.142 e. The first kappa shape index (κ1) is 10.4. The van der Waals surface area contributed by atoms with Gasteiger partial charge in [-0.3, -0.25) is 4.98 Å². The number of hydrogen-bond acceptors (Lipinski definition) is 3. The smallest absolute Gasteiger partial charge is 0.142 e. The molecule has 0 unspecified atom stereocenters. The minimum absolute atomic E-state index is 0.369. The van der Waals surface area contributed by atoms with E-state index in [1.807, 2.05) is 6.07 Å². The number of anilines is 1. The number of nitrogen functional groups attached to an aromatic ring is 1. The van der Waals surface area contributed by atoms with Crippen LogP contribution in [0.2, 0.25) is 0 Å². The Morgan fingerprint density at radius 3 is 2.62 bits per heavy atom. The summed E-state index contributed by atoms with van der Waals surface area (Å²) in [6.45, 7) is 0. The summed E-state index contributed by atoms with van der Waals surface area (Å²) in [6.07, 6.45) is 2.75. The van der Waals surface area contributed by atoms with Crippen molar-refractivity contribution in [2.24, 2.45) is 0 Å². The van der Waals surface area contributed by atoms with Crippen LogP contribution in [0.15, 0.2) is 36.7 Å². The van der Waals surface area contributed by atoms with E-state index in [0.29, 0.717) is 17.0 Å². The lowest BCUT2D eigenvalue weighted by Crippen LogP contribution is -1.92. The molecular formula is C12H11FN2O. The van der Waals surface area contributed by atoms with Crippen molar-refractivity contribution >= 4 is 5.69 Å². The maximum atomic E-state index is 13.0. The molecule has 4 heteroatoms. The zero-order chi connectivity index (χ0) is 11.5. The molecule has 0 radical (unpaired) electrons. The molecule has 82 valence electrons. The molecule has 1 aromatic carbocycles. The van der Waals surface area contributed by atoms with Crippen LogP contribution in [0, 0.1) is 5.82 Å². The van der Waals surface area contributed by atoms with Gasteiger partial charge in [-0.1, -0.05) is 6.07 Å². The van der Waals surface area contributed by atoms with Gasteiger partial charge in [-0.25, -0.2) is 4.39 Å². The molecule has 3 nitrogen and oxygen atoms in total. The second-order valence-electron chi connectivity index (χ2n) is 3.35. The van der Waals surface area contributed by atoms with Gasteiger partial charge in [0.25, 0.3) is 0 Å². The molecule has 0 amide bonds. The van der Waals surface area contributed by atoms with E-state index < -0.39 is 0 Å². The second-order valence-corrected chi connectivity index (χ2v) is 3.35. The molecule has 2 aromatic rings. The molecule has 1 heterocycles. The molecule has 0 saturated heterocycles. The number of methoxy groups -OCH3 is 1. The number of halogens is 1. The highest BCUT2D eigenvalue weighted by molar-refractivity contribution is 5.70. The van der Waals surface area contributed by atoms with Gasteiger partial charge in [0.1, 0.15) is 11.6 Å². The Labute approximate surface area is 92.7 Å². The van der Waals surface area contributed by atoms with E-state index in [1.54, 1.807) is 25.4 Å². The highest BCUT2D eigenvalue weighted by Gasteiger charge is 2.04. The van der Waals surface area contributed by atoms with Gasteiger partial charge in [-0.15, -0.1) is 0 Å². The lowest BCUT2D eigenvalue weighted by atomic mass is 10.1. The number of hydrogen-bond donors (Lipinski definition) is 1. The van der Waals surface area contributed by atoms with E-state index >= 15 is 0 Å². The summed E-state index contributed by atoms with van der Waals surface area (Å²) in [5.74, 6) is 0.236. The van der Waals surface area contributed by atoms with Crippen LogP contribution in [0.4, 0.5) is 10.1 Å². The fraction of sp³-hybridized carbons (Fsp3) is 0.0833. The van der Waals surface area contributed by atoms with Crippen molar-refractivity contribution in [3.05, 3.63) is 42.5 Å². The Morgan fingerprint density at radius 2 is 2.00 bits per heavy atom. The van der Waals surface area contributed by atoms with E-state index in [2.05, 4.69) is 4.98 Å². The van der Waals surface area contributed by atoms with Crippen LogP contribution in [0.25, 0.3) is 11.1 Å². The van der Waals surface area contributed by atoms with E-state index in [-0.39, 0.29) is 5.82 Å². The molecule has 2 N–H and O–H groups in total. The fourth-order valence-corrected chi connectivity index (χ4v) is 1.48. The fourth-order valence-electron chi connectivity index (χ4n) is 1.48. The molecule has 0 spiro atoms. The third-order valence-corrected chi connectivity index (χ3v) is 2.27. The number of benzene rings is 1. The number of aromatic nitrogens is 1. The average Bonchev–Trinajstić information content (AvgIpc) is 2.29. The predicted octanol–water partition coefficient (Wildman–Crippen LogP) is 2.48. The zero-order valence-electron chi connectivity index (χ0n) is 8.77. The van der Waals surface area contributed by atoms with E-state index in [4.69, 9.17) is 10.5 Å². The van der Waals surface area contributed by atoms with Crippen LogP contribution in [-0.4, -0.2) is 12.1 Å². The molecule has 0 bridgehead atoms. The molecule has 16 heavy (non-hydrogen) atoms. The molecule has 0 aliphatic carbocycles. The van der Waals surface area contributed by atoms with Gasteiger partial charge < -0.3 is 10.5 Å². The van der Waals surface area contributed by atoms with Crippen molar-refractivity contribution in [2.45, 2.75) is 0 Å². The zero-order valence-corrected chi connectivity index (χ0v) is 8.77. The molecule has 0 saturated carbocycles. The summed E-state index contributed by atoms with van der Waals surface area (Å²) in [4.78, 5) is 3.79. The summed E-state index contributed by atoms with van der Waals surface area (Å²) in [5.41, 5.74) is 7.79. The summed E-state index contributed by atoms with van der Waals surface area (Å²) in [6, 6.07) is 6.70. The normalized spacial score (nSPS) is 10.1.